The number of ether oxygens (including phenoxy) is 1. The maximum atomic E-state index is 11.8. The van der Waals surface area contributed by atoms with Crippen LogP contribution in [-0.4, -0.2) is 28.9 Å². The Kier molecular flexibility index (Phi) is 5.83. The first kappa shape index (κ1) is 18.3. The highest BCUT2D eigenvalue weighted by atomic mass is 16.6. The number of carbonyl (C=O) groups excluding carboxylic acids is 1. The first-order valence-corrected chi connectivity index (χ1v) is 7.52. The van der Waals surface area contributed by atoms with Gasteiger partial charge in [0.25, 0.3) is 0 Å². The zero-order valence-corrected chi connectivity index (χ0v) is 14.4. The molecule has 0 aliphatic rings. The summed E-state index contributed by atoms with van der Waals surface area (Å²) in [5.74, 6) is 0.247. The maximum Gasteiger partial charge on any atom is 0.408 e. The van der Waals surface area contributed by atoms with Gasteiger partial charge in [-0.1, -0.05) is 12.1 Å². The minimum atomic E-state index is -0.511. The SMILES string of the molecule is CC(NCC(C)(C)NC(=O)OC(C)(C)C)c1cccc(O)c1. The van der Waals surface area contributed by atoms with Crippen molar-refractivity contribution in [3.63, 3.8) is 0 Å². The Balaban J connectivity index is 2.53. The van der Waals surface area contributed by atoms with Crippen LogP contribution in [0, 0.1) is 0 Å². The van der Waals surface area contributed by atoms with Gasteiger partial charge in [-0.3, -0.25) is 0 Å². The minimum Gasteiger partial charge on any atom is -0.508 e. The van der Waals surface area contributed by atoms with E-state index in [0.717, 1.165) is 5.56 Å². The van der Waals surface area contributed by atoms with Gasteiger partial charge in [-0.25, -0.2) is 4.79 Å². The van der Waals surface area contributed by atoms with E-state index in [2.05, 4.69) is 10.6 Å². The molecule has 5 nitrogen and oxygen atoms in total. The Morgan fingerprint density at radius 3 is 2.45 bits per heavy atom. The lowest BCUT2D eigenvalue weighted by molar-refractivity contribution is 0.0471. The van der Waals surface area contributed by atoms with Crippen LogP contribution in [-0.2, 0) is 4.74 Å². The fourth-order valence-corrected chi connectivity index (χ4v) is 1.94. The molecule has 0 aliphatic carbocycles. The molecule has 0 aromatic heterocycles. The molecule has 0 heterocycles. The molecular formula is C17H28N2O3. The number of aromatic hydroxyl groups is 1. The van der Waals surface area contributed by atoms with Crippen LogP contribution in [0.1, 0.15) is 53.1 Å². The molecule has 0 radical (unpaired) electrons. The van der Waals surface area contributed by atoms with Crippen molar-refractivity contribution in [1.29, 1.82) is 0 Å². The zero-order chi connectivity index (χ0) is 17.0. The number of amides is 1. The van der Waals surface area contributed by atoms with E-state index in [1.165, 1.54) is 0 Å². The standard InChI is InChI=1S/C17H28N2O3/c1-12(13-8-7-9-14(20)10-13)18-11-17(5,6)19-15(21)22-16(2,3)4/h7-10,12,18,20H,11H2,1-6H3,(H,19,21). The third-order valence-corrected chi connectivity index (χ3v) is 3.06. The normalized spacial score (nSPS) is 13.5. The van der Waals surface area contributed by atoms with Gasteiger partial charge in [0.15, 0.2) is 0 Å². The number of benzene rings is 1. The molecule has 22 heavy (non-hydrogen) atoms. The van der Waals surface area contributed by atoms with Crippen molar-refractivity contribution < 1.29 is 14.6 Å². The fourth-order valence-electron chi connectivity index (χ4n) is 1.94. The van der Waals surface area contributed by atoms with E-state index in [9.17, 15) is 9.90 Å². The molecule has 1 aromatic carbocycles. The van der Waals surface area contributed by atoms with E-state index in [1.807, 2.05) is 53.7 Å². The summed E-state index contributed by atoms with van der Waals surface area (Å²) in [7, 11) is 0. The van der Waals surface area contributed by atoms with E-state index in [0.29, 0.717) is 6.54 Å². The van der Waals surface area contributed by atoms with Gasteiger partial charge in [-0.2, -0.15) is 0 Å². The highest BCUT2D eigenvalue weighted by Gasteiger charge is 2.25. The lowest BCUT2D eigenvalue weighted by Crippen LogP contribution is -2.51. The van der Waals surface area contributed by atoms with Crippen molar-refractivity contribution in [2.24, 2.45) is 0 Å². The highest BCUT2D eigenvalue weighted by Crippen LogP contribution is 2.18. The van der Waals surface area contributed by atoms with Gasteiger partial charge >= 0.3 is 6.09 Å². The predicted octanol–water partition coefficient (Wildman–Crippen LogP) is 3.35. The van der Waals surface area contributed by atoms with Gasteiger partial charge in [0.2, 0.25) is 0 Å². The van der Waals surface area contributed by atoms with Gasteiger partial charge in [0.1, 0.15) is 11.4 Å². The van der Waals surface area contributed by atoms with Crippen LogP contribution in [0.2, 0.25) is 0 Å². The van der Waals surface area contributed by atoms with Crippen molar-refractivity contribution in [3.8, 4) is 5.75 Å². The van der Waals surface area contributed by atoms with Gasteiger partial charge in [-0.05, 0) is 59.2 Å². The first-order valence-electron chi connectivity index (χ1n) is 7.52. The quantitative estimate of drug-likeness (QED) is 0.780. The summed E-state index contributed by atoms with van der Waals surface area (Å²) in [5, 5.41) is 15.7. The third-order valence-electron chi connectivity index (χ3n) is 3.06. The average Bonchev–Trinajstić information content (AvgIpc) is 2.33. The van der Waals surface area contributed by atoms with Gasteiger partial charge in [0, 0.05) is 12.6 Å². The second kappa shape index (κ2) is 7.01. The summed E-state index contributed by atoms with van der Waals surface area (Å²) in [6.07, 6.45) is -0.427. The van der Waals surface area contributed by atoms with E-state index in [4.69, 9.17) is 4.74 Å². The van der Waals surface area contributed by atoms with Gasteiger partial charge < -0.3 is 20.5 Å². The van der Waals surface area contributed by atoms with E-state index in [-0.39, 0.29) is 11.8 Å². The molecule has 0 fully saturated rings. The Bertz CT molecular complexity index is 507. The van der Waals surface area contributed by atoms with Crippen LogP contribution < -0.4 is 10.6 Å². The Morgan fingerprint density at radius 1 is 1.27 bits per heavy atom. The zero-order valence-electron chi connectivity index (χ0n) is 14.4. The van der Waals surface area contributed by atoms with Crippen LogP contribution >= 0.6 is 0 Å². The summed E-state index contributed by atoms with van der Waals surface area (Å²) in [5.41, 5.74) is 0.0311. The molecule has 124 valence electrons. The fraction of sp³-hybridized carbons (Fsp3) is 0.588. The molecule has 0 aliphatic heterocycles. The average molecular weight is 308 g/mol. The number of carbonyl (C=O) groups is 1. The van der Waals surface area contributed by atoms with Gasteiger partial charge in [0.05, 0.1) is 5.54 Å². The van der Waals surface area contributed by atoms with Crippen molar-refractivity contribution >= 4 is 6.09 Å². The Hall–Kier alpha value is -1.75. The van der Waals surface area contributed by atoms with Crippen LogP contribution in [0.15, 0.2) is 24.3 Å². The number of phenols is 1. The lowest BCUT2D eigenvalue weighted by Gasteiger charge is -2.30. The van der Waals surface area contributed by atoms with Crippen molar-refractivity contribution in [1.82, 2.24) is 10.6 Å². The maximum absolute atomic E-state index is 11.8. The molecule has 1 atom stereocenters. The molecule has 0 bridgehead atoms. The van der Waals surface area contributed by atoms with E-state index >= 15 is 0 Å². The summed E-state index contributed by atoms with van der Waals surface area (Å²) in [6, 6.07) is 7.20. The molecule has 5 heteroatoms. The van der Waals surface area contributed by atoms with Crippen molar-refractivity contribution in [2.45, 2.75) is 58.7 Å². The second-order valence-corrected chi connectivity index (χ2v) is 7.21. The van der Waals surface area contributed by atoms with Gasteiger partial charge in [-0.15, -0.1) is 0 Å². The molecule has 1 unspecified atom stereocenters. The van der Waals surface area contributed by atoms with Crippen molar-refractivity contribution in [2.75, 3.05) is 6.54 Å². The number of phenolic OH excluding ortho intramolecular Hbond substituents is 1. The Labute approximate surface area is 133 Å². The van der Waals surface area contributed by atoms with Crippen LogP contribution in [0.25, 0.3) is 0 Å². The summed E-state index contributed by atoms with van der Waals surface area (Å²) in [6.45, 7) is 11.9. The third kappa shape index (κ3) is 6.80. The van der Waals surface area contributed by atoms with Crippen LogP contribution in [0.4, 0.5) is 4.79 Å². The number of hydrogen-bond acceptors (Lipinski definition) is 4. The number of nitrogens with one attached hydrogen (secondary N) is 2. The largest absolute Gasteiger partial charge is 0.508 e. The Morgan fingerprint density at radius 2 is 1.91 bits per heavy atom. The molecule has 1 amide bonds. The summed E-state index contributed by atoms with van der Waals surface area (Å²) < 4.78 is 5.27. The minimum absolute atomic E-state index is 0.0619. The summed E-state index contributed by atoms with van der Waals surface area (Å²) in [4.78, 5) is 11.8. The number of alkyl carbamates (subject to hydrolysis) is 1. The van der Waals surface area contributed by atoms with Crippen LogP contribution in [0.3, 0.4) is 0 Å². The molecule has 1 aromatic rings. The number of rotatable bonds is 5. The van der Waals surface area contributed by atoms with E-state index < -0.39 is 17.2 Å². The molecular weight excluding hydrogens is 280 g/mol. The summed E-state index contributed by atoms with van der Waals surface area (Å²) >= 11 is 0. The molecule has 0 saturated heterocycles. The molecule has 0 spiro atoms. The topological polar surface area (TPSA) is 70.6 Å². The smallest absolute Gasteiger partial charge is 0.408 e. The number of hydrogen-bond donors (Lipinski definition) is 3. The van der Waals surface area contributed by atoms with Crippen LogP contribution in [0.5, 0.6) is 5.75 Å². The lowest BCUT2D eigenvalue weighted by atomic mass is 10.0. The van der Waals surface area contributed by atoms with E-state index in [1.54, 1.807) is 12.1 Å². The monoisotopic (exact) mass is 308 g/mol. The first-order chi connectivity index (χ1) is 9.98. The predicted molar refractivity (Wildman–Crippen MR) is 88.0 cm³/mol. The second-order valence-electron chi connectivity index (χ2n) is 7.21. The molecule has 0 saturated carbocycles. The van der Waals surface area contributed by atoms with Crippen molar-refractivity contribution in [3.05, 3.63) is 29.8 Å². The highest BCUT2D eigenvalue weighted by molar-refractivity contribution is 5.68. The molecule has 3 N–H and O–H groups in total. The molecule has 1 rings (SSSR count).